The van der Waals surface area contributed by atoms with Gasteiger partial charge in [-0.1, -0.05) is 81.4 Å². The Morgan fingerprint density at radius 3 is 2.03 bits per heavy atom. The van der Waals surface area contributed by atoms with Gasteiger partial charge in [0.1, 0.15) is 30.5 Å². The Balaban J connectivity index is 1.44. The summed E-state index contributed by atoms with van der Waals surface area (Å²) in [5, 5.41) is 0. The Morgan fingerprint density at radius 1 is 0.900 bits per heavy atom. The molecule has 0 spiro atoms. The number of carbonyl (C=O) groups is 1. The lowest BCUT2D eigenvalue weighted by atomic mass is 9.79. The molecule has 5 atom stereocenters. The summed E-state index contributed by atoms with van der Waals surface area (Å²) in [4.78, 5) is 12.7. The van der Waals surface area contributed by atoms with E-state index < -0.39 is 11.5 Å². The molecule has 160 valence electrons. The number of hydrogen-bond acceptors (Lipinski definition) is 5. The summed E-state index contributed by atoms with van der Waals surface area (Å²) in [6.45, 7) is 7.03. The topological polar surface area (TPSA) is 54.0 Å². The van der Waals surface area contributed by atoms with Crippen LogP contribution in [0.25, 0.3) is 0 Å². The summed E-state index contributed by atoms with van der Waals surface area (Å²) in [6.07, 6.45) is -1.68. The minimum absolute atomic E-state index is 0.0641. The lowest BCUT2D eigenvalue weighted by Crippen LogP contribution is -2.70. The lowest BCUT2D eigenvalue weighted by molar-refractivity contribution is -0.320. The molecule has 2 fully saturated rings. The van der Waals surface area contributed by atoms with Crippen molar-refractivity contribution in [1.29, 1.82) is 0 Å². The molecule has 5 heteroatoms. The molecule has 0 bridgehead atoms. The molecule has 0 radical (unpaired) electrons. The standard InChI is InChI=1S/C25H30O5/c1-25(2,3)24(26)23-21-22(30-23)20(28-15-18-12-8-5-9-13-18)19(16-29-21)27-14-17-10-6-4-7-11-17/h4-13,19-23H,14-16H2,1-3H3/t19-,20-,21-,22+,23-/m0/s1. The second kappa shape index (κ2) is 8.98. The van der Waals surface area contributed by atoms with Crippen molar-refractivity contribution in [3.63, 3.8) is 0 Å². The van der Waals surface area contributed by atoms with Gasteiger partial charge in [0.2, 0.25) is 0 Å². The van der Waals surface area contributed by atoms with Crippen molar-refractivity contribution >= 4 is 5.78 Å². The summed E-state index contributed by atoms with van der Waals surface area (Å²) < 4.78 is 24.5. The van der Waals surface area contributed by atoms with Crippen LogP contribution < -0.4 is 0 Å². The maximum Gasteiger partial charge on any atom is 0.169 e. The zero-order valence-corrected chi connectivity index (χ0v) is 17.8. The summed E-state index contributed by atoms with van der Waals surface area (Å²) in [6, 6.07) is 20.1. The molecule has 0 aromatic heterocycles. The molecule has 2 aromatic rings. The van der Waals surface area contributed by atoms with Crippen molar-refractivity contribution in [1.82, 2.24) is 0 Å². The molecular weight excluding hydrogens is 380 g/mol. The summed E-state index contributed by atoms with van der Waals surface area (Å²) in [5.74, 6) is 0.0641. The van der Waals surface area contributed by atoms with Crippen LogP contribution in [0.5, 0.6) is 0 Å². The molecule has 2 heterocycles. The van der Waals surface area contributed by atoms with Gasteiger partial charge in [0, 0.05) is 5.41 Å². The van der Waals surface area contributed by atoms with E-state index in [1.54, 1.807) is 0 Å². The molecule has 0 aliphatic carbocycles. The zero-order valence-electron chi connectivity index (χ0n) is 17.8. The minimum Gasteiger partial charge on any atom is -0.369 e. The van der Waals surface area contributed by atoms with Crippen LogP contribution >= 0.6 is 0 Å². The van der Waals surface area contributed by atoms with Crippen LogP contribution in [0.2, 0.25) is 0 Å². The van der Waals surface area contributed by atoms with Crippen LogP contribution in [0, 0.1) is 5.41 Å². The van der Waals surface area contributed by atoms with E-state index in [0.717, 1.165) is 11.1 Å². The van der Waals surface area contributed by atoms with Crippen LogP contribution in [0.1, 0.15) is 31.9 Å². The highest BCUT2D eigenvalue weighted by Crippen LogP contribution is 2.38. The predicted octanol–water partition coefficient (Wildman–Crippen LogP) is 3.94. The molecule has 0 N–H and O–H groups in total. The van der Waals surface area contributed by atoms with Crippen molar-refractivity contribution in [3.05, 3.63) is 71.8 Å². The number of fused-ring (bicyclic) bond motifs is 1. The van der Waals surface area contributed by atoms with Gasteiger partial charge in [-0.2, -0.15) is 0 Å². The van der Waals surface area contributed by atoms with Gasteiger partial charge in [-0.25, -0.2) is 0 Å². The van der Waals surface area contributed by atoms with E-state index in [2.05, 4.69) is 0 Å². The maximum absolute atomic E-state index is 12.7. The molecule has 2 aromatic carbocycles. The summed E-state index contributed by atoms with van der Waals surface area (Å²) >= 11 is 0. The van der Waals surface area contributed by atoms with Crippen LogP contribution in [0.4, 0.5) is 0 Å². The van der Waals surface area contributed by atoms with Crippen molar-refractivity contribution in [2.75, 3.05) is 6.61 Å². The summed E-state index contributed by atoms with van der Waals surface area (Å²) in [5.41, 5.74) is 1.71. The molecule has 0 saturated carbocycles. The van der Waals surface area contributed by atoms with Gasteiger partial charge >= 0.3 is 0 Å². The highest BCUT2D eigenvalue weighted by atomic mass is 16.7. The average Bonchev–Trinajstić information content (AvgIpc) is 2.73. The number of carbonyl (C=O) groups excluding carboxylic acids is 1. The Bertz CT molecular complexity index is 830. The van der Waals surface area contributed by atoms with Crippen molar-refractivity contribution in [3.8, 4) is 0 Å². The third-order valence-electron chi connectivity index (χ3n) is 5.66. The highest BCUT2D eigenvalue weighted by molar-refractivity contribution is 5.89. The SMILES string of the molecule is CC(C)(C)C(=O)[C@H]1O[C@@H]2[C@@H](OCc3ccccc3)[C@@H](OCc3ccccc3)CO[C@@H]21. The second-order valence-corrected chi connectivity index (χ2v) is 9.03. The van der Waals surface area contributed by atoms with Gasteiger partial charge in [0.15, 0.2) is 5.78 Å². The Labute approximate surface area is 178 Å². The van der Waals surface area contributed by atoms with E-state index in [-0.39, 0.29) is 30.2 Å². The Morgan fingerprint density at radius 2 is 1.47 bits per heavy atom. The molecule has 5 nitrogen and oxygen atoms in total. The fraction of sp³-hybridized carbons (Fsp3) is 0.480. The third-order valence-corrected chi connectivity index (χ3v) is 5.66. The first-order valence-corrected chi connectivity index (χ1v) is 10.6. The average molecular weight is 411 g/mol. The molecule has 2 aliphatic heterocycles. The number of hydrogen-bond donors (Lipinski definition) is 0. The van der Waals surface area contributed by atoms with E-state index in [1.807, 2.05) is 81.4 Å². The highest BCUT2D eigenvalue weighted by Gasteiger charge is 2.57. The second-order valence-electron chi connectivity index (χ2n) is 9.03. The molecular formula is C25H30O5. The van der Waals surface area contributed by atoms with Crippen LogP contribution in [0.3, 0.4) is 0 Å². The smallest absolute Gasteiger partial charge is 0.169 e. The van der Waals surface area contributed by atoms with E-state index in [0.29, 0.717) is 19.8 Å². The molecule has 0 unspecified atom stereocenters. The van der Waals surface area contributed by atoms with Crippen LogP contribution in [0.15, 0.2) is 60.7 Å². The molecule has 30 heavy (non-hydrogen) atoms. The Hall–Kier alpha value is -2.05. The van der Waals surface area contributed by atoms with E-state index in [4.69, 9.17) is 18.9 Å². The van der Waals surface area contributed by atoms with E-state index in [1.165, 1.54) is 0 Å². The number of benzene rings is 2. The van der Waals surface area contributed by atoms with Gasteiger partial charge in [0.25, 0.3) is 0 Å². The van der Waals surface area contributed by atoms with E-state index >= 15 is 0 Å². The lowest BCUT2D eigenvalue weighted by Gasteiger charge is -2.52. The van der Waals surface area contributed by atoms with Gasteiger partial charge in [-0.15, -0.1) is 0 Å². The zero-order chi connectivity index (χ0) is 21.1. The first kappa shape index (κ1) is 21.2. The number of ether oxygens (including phenoxy) is 4. The molecule has 4 rings (SSSR count). The number of rotatable bonds is 7. The van der Waals surface area contributed by atoms with Gasteiger partial charge in [0.05, 0.1) is 19.8 Å². The van der Waals surface area contributed by atoms with Crippen molar-refractivity contribution in [2.45, 2.75) is 64.5 Å². The summed E-state index contributed by atoms with van der Waals surface area (Å²) in [7, 11) is 0. The maximum atomic E-state index is 12.7. The predicted molar refractivity (Wildman–Crippen MR) is 113 cm³/mol. The van der Waals surface area contributed by atoms with Crippen LogP contribution in [-0.2, 0) is 37.0 Å². The van der Waals surface area contributed by atoms with Gasteiger partial charge in [-0.05, 0) is 11.1 Å². The normalized spacial score (nSPS) is 28.4. The first-order valence-electron chi connectivity index (χ1n) is 10.6. The quantitative estimate of drug-likeness (QED) is 0.692. The van der Waals surface area contributed by atoms with E-state index in [9.17, 15) is 4.79 Å². The number of ketones is 1. The molecule has 0 amide bonds. The molecule has 2 aliphatic rings. The van der Waals surface area contributed by atoms with Crippen LogP contribution in [-0.4, -0.2) is 42.9 Å². The largest absolute Gasteiger partial charge is 0.369 e. The minimum atomic E-state index is -0.534. The fourth-order valence-electron chi connectivity index (χ4n) is 3.89. The first-order chi connectivity index (χ1) is 14.4. The Kier molecular flexibility index (Phi) is 6.34. The molecule has 2 saturated heterocycles. The van der Waals surface area contributed by atoms with Crippen molar-refractivity contribution < 1.29 is 23.7 Å². The van der Waals surface area contributed by atoms with Gasteiger partial charge in [-0.3, -0.25) is 4.79 Å². The fourth-order valence-corrected chi connectivity index (χ4v) is 3.89. The van der Waals surface area contributed by atoms with Gasteiger partial charge < -0.3 is 18.9 Å². The third kappa shape index (κ3) is 4.65. The number of Topliss-reactive ketones (excluding diaryl/α,β-unsaturated/α-hetero) is 1. The monoisotopic (exact) mass is 410 g/mol. The van der Waals surface area contributed by atoms with Crippen molar-refractivity contribution in [2.24, 2.45) is 5.41 Å².